The Morgan fingerprint density at radius 2 is 1.86 bits per heavy atom. The lowest BCUT2D eigenvalue weighted by atomic mass is 10.0. The lowest BCUT2D eigenvalue weighted by Gasteiger charge is -2.18. The largest absolute Gasteiger partial charge is 0.465 e. The zero-order valence-electron chi connectivity index (χ0n) is 12.3. The molecule has 0 amide bonds. The van der Waals surface area contributed by atoms with E-state index < -0.39 is 17.7 Å². The number of aryl methyl sites for hydroxylation is 1. The molecule has 0 radical (unpaired) electrons. The predicted octanol–water partition coefficient (Wildman–Crippen LogP) is 3.39. The van der Waals surface area contributed by atoms with Crippen LogP contribution in [0.5, 0.6) is 0 Å². The lowest BCUT2D eigenvalue weighted by molar-refractivity contribution is 0.281. The Bertz CT molecular complexity index is 577. The average Bonchev–Trinajstić information content (AvgIpc) is 2.80. The molecule has 1 unspecified atom stereocenters. The van der Waals surface area contributed by atoms with Crippen LogP contribution in [-0.2, 0) is 6.54 Å². The standard InChI is InChI=1S/C16H20F2N2O/c1-11-3-4-15(21-11)10-20(2)6-5-16(19)12-7-13(17)9-14(18)8-12/h3-4,7-9,16H,5-6,10,19H2,1-2H3. The molecule has 1 atom stereocenters. The molecule has 21 heavy (non-hydrogen) atoms. The molecule has 0 aliphatic rings. The molecule has 1 aromatic carbocycles. The second kappa shape index (κ2) is 6.83. The number of nitrogens with zero attached hydrogens (tertiary/aromatic N) is 1. The second-order valence-electron chi connectivity index (χ2n) is 5.35. The van der Waals surface area contributed by atoms with Gasteiger partial charge in [-0.25, -0.2) is 8.78 Å². The van der Waals surface area contributed by atoms with E-state index in [1.165, 1.54) is 12.1 Å². The van der Waals surface area contributed by atoms with Crippen molar-refractivity contribution in [1.29, 1.82) is 0 Å². The third-order valence-electron chi connectivity index (χ3n) is 3.36. The Morgan fingerprint density at radius 1 is 1.19 bits per heavy atom. The van der Waals surface area contributed by atoms with Crippen LogP contribution < -0.4 is 5.73 Å². The van der Waals surface area contributed by atoms with Gasteiger partial charge in [0.25, 0.3) is 0 Å². The van der Waals surface area contributed by atoms with Gasteiger partial charge in [0.15, 0.2) is 0 Å². The summed E-state index contributed by atoms with van der Waals surface area (Å²) in [5.74, 6) is 0.574. The Hall–Kier alpha value is -1.72. The van der Waals surface area contributed by atoms with Crippen LogP contribution in [0.2, 0.25) is 0 Å². The van der Waals surface area contributed by atoms with Gasteiger partial charge in [0.2, 0.25) is 0 Å². The quantitative estimate of drug-likeness (QED) is 0.888. The van der Waals surface area contributed by atoms with Crippen molar-refractivity contribution in [3.05, 3.63) is 59.1 Å². The van der Waals surface area contributed by atoms with E-state index in [0.717, 1.165) is 17.6 Å². The first-order valence-electron chi connectivity index (χ1n) is 6.89. The fourth-order valence-corrected chi connectivity index (χ4v) is 2.23. The van der Waals surface area contributed by atoms with E-state index in [0.29, 0.717) is 25.1 Å². The molecule has 0 spiro atoms. The van der Waals surface area contributed by atoms with E-state index in [1.807, 2.05) is 26.1 Å². The maximum Gasteiger partial charge on any atom is 0.126 e. The highest BCUT2D eigenvalue weighted by atomic mass is 19.1. The Morgan fingerprint density at radius 3 is 2.43 bits per heavy atom. The van der Waals surface area contributed by atoms with Gasteiger partial charge in [-0.3, -0.25) is 4.90 Å². The van der Waals surface area contributed by atoms with Crippen molar-refractivity contribution < 1.29 is 13.2 Å². The lowest BCUT2D eigenvalue weighted by Crippen LogP contribution is -2.23. The van der Waals surface area contributed by atoms with Gasteiger partial charge in [0.1, 0.15) is 23.2 Å². The van der Waals surface area contributed by atoms with E-state index >= 15 is 0 Å². The molecule has 3 nitrogen and oxygen atoms in total. The van der Waals surface area contributed by atoms with Gasteiger partial charge in [0, 0.05) is 18.7 Å². The minimum atomic E-state index is -0.597. The van der Waals surface area contributed by atoms with Gasteiger partial charge in [-0.1, -0.05) is 0 Å². The molecular formula is C16H20F2N2O. The summed E-state index contributed by atoms with van der Waals surface area (Å²) in [6, 6.07) is 6.88. The average molecular weight is 294 g/mol. The van der Waals surface area contributed by atoms with E-state index in [-0.39, 0.29) is 0 Å². The third kappa shape index (κ3) is 4.65. The highest BCUT2D eigenvalue weighted by Crippen LogP contribution is 2.18. The highest BCUT2D eigenvalue weighted by molar-refractivity contribution is 5.21. The summed E-state index contributed by atoms with van der Waals surface area (Å²) >= 11 is 0. The topological polar surface area (TPSA) is 42.4 Å². The summed E-state index contributed by atoms with van der Waals surface area (Å²) in [6.07, 6.45) is 0.610. The van der Waals surface area contributed by atoms with Crippen LogP contribution in [0, 0.1) is 18.6 Å². The Labute approximate surface area is 123 Å². The molecular weight excluding hydrogens is 274 g/mol. The number of furan rings is 1. The SMILES string of the molecule is Cc1ccc(CN(C)CCC(N)c2cc(F)cc(F)c2)o1. The number of benzene rings is 1. The predicted molar refractivity (Wildman–Crippen MR) is 77.7 cm³/mol. The van der Waals surface area contributed by atoms with Gasteiger partial charge in [-0.05, 0) is 50.2 Å². The Balaban J connectivity index is 1.86. The van der Waals surface area contributed by atoms with Crippen molar-refractivity contribution in [2.75, 3.05) is 13.6 Å². The van der Waals surface area contributed by atoms with Crippen molar-refractivity contribution in [2.45, 2.75) is 25.9 Å². The molecule has 0 fully saturated rings. The van der Waals surface area contributed by atoms with Gasteiger partial charge in [0.05, 0.1) is 6.54 Å². The summed E-state index contributed by atoms with van der Waals surface area (Å²) in [7, 11) is 1.96. The second-order valence-corrected chi connectivity index (χ2v) is 5.35. The van der Waals surface area contributed by atoms with Crippen LogP contribution in [0.25, 0.3) is 0 Å². The molecule has 0 aliphatic heterocycles. The summed E-state index contributed by atoms with van der Waals surface area (Å²) in [5.41, 5.74) is 6.48. The molecule has 0 bridgehead atoms. The molecule has 2 rings (SSSR count). The molecule has 0 saturated heterocycles. The molecule has 1 heterocycles. The van der Waals surface area contributed by atoms with Gasteiger partial charge in [-0.15, -0.1) is 0 Å². The van der Waals surface area contributed by atoms with Gasteiger partial charge in [-0.2, -0.15) is 0 Å². The number of nitrogens with two attached hydrogens (primary N) is 1. The van der Waals surface area contributed by atoms with Crippen LogP contribution in [-0.4, -0.2) is 18.5 Å². The molecule has 0 saturated carbocycles. The zero-order chi connectivity index (χ0) is 15.4. The molecule has 2 aromatic rings. The van der Waals surface area contributed by atoms with Crippen molar-refractivity contribution >= 4 is 0 Å². The molecule has 5 heteroatoms. The molecule has 114 valence electrons. The summed E-state index contributed by atoms with van der Waals surface area (Å²) in [6.45, 7) is 3.29. The maximum absolute atomic E-state index is 13.2. The van der Waals surface area contributed by atoms with Crippen molar-refractivity contribution in [3.63, 3.8) is 0 Å². The van der Waals surface area contributed by atoms with Gasteiger partial charge >= 0.3 is 0 Å². The fraction of sp³-hybridized carbons (Fsp3) is 0.375. The zero-order valence-corrected chi connectivity index (χ0v) is 12.3. The first-order chi connectivity index (χ1) is 9.94. The maximum atomic E-state index is 13.2. The first-order valence-corrected chi connectivity index (χ1v) is 6.89. The van der Waals surface area contributed by atoms with E-state index in [9.17, 15) is 8.78 Å². The number of halogens is 2. The van der Waals surface area contributed by atoms with Crippen LogP contribution in [0.3, 0.4) is 0 Å². The summed E-state index contributed by atoms with van der Waals surface area (Å²) < 4.78 is 31.8. The van der Waals surface area contributed by atoms with Crippen molar-refractivity contribution in [3.8, 4) is 0 Å². The number of hydrogen-bond acceptors (Lipinski definition) is 3. The summed E-state index contributed by atoms with van der Waals surface area (Å²) in [4.78, 5) is 2.06. The van der Waals surface area contributed by atoms with Crippen LogP contribution >= 0.6 is 0 Å². The fourth-order valence-electron chi connectivity index (χ4n) is 2.23. The molecule has 2 N–H and O–H groups in total. The smallest absolute Gasteiger partial charge is 0.126 e. The normalized spacial score (nSPS) is 12.9. The first kappa shape index (κ1) is 15.7. The monoisotopic (exact) mass is 294 g/mol. The van der Waals surface area contributed by atoms with Crippen LogP contribution in [0.1, 0.15) is 29.5 Å². The number of hydrogen-bond donors (Lipinski definition) is 1. The van der Waals surface area contributed by atoms with Crippen LogP contribution in [0.4, 0.5) is 8.78 Å². The van der Waals surface area contributed by atoms with E-state index in [2.05, 4.69) is 4.90 Å². The minimum absolute atomic E-state index is 0.393. The third-order valence-corrected chi connectivity index (χ3v) is 3.36. The highest BCUT2D eigenvalue weighted by Gasteiger charge is 2.11. The number of rotatable bonds is 6. The van der Waals surface area contributed by atoms with Crippen molar-refractivity contribution in [2.24, 2.45) is 5.73 Å². The molecule has 0 aliphatic carbocycles. The molecule has 1 aromatic heterocycles. The minimum Gasteiger partial charge on any atom is -0.465 e. The van der Waals surface area contributed by atoms with Crippen LogP contribution in [0.15, 0.2) is 34.7 Å². The van der Waals surface area contributed by atoms with Gasteiger partial charge < -0.3 is 10.2 Å². The van der Waals surface area contributed by atoms with E-state index in [1.54, 1.807) is 0 Å². The van der Waals surface area contributed by atoms with E-state index in [4.69, 9.17) is 10.2 Å². The Kier molecular flexibility index (Phi) is 5.09. The summed E-state index contributed by atoms with van der Waals surface area (Å²) in [5, 5.41) is 0. The van der Waals surface area contributed by atoms with Crippen molar-refractivity contribution in [1.82, 2.24) is 4.90 Å².